The molecule has 15 heavy (non-hydrogen) atoms. The summed E-state index contributed by atoms with van der Waals surface area (Å²) in [7, 11) is -0.705. The van der Waals surface area contributed by atoms with Crippen LogP contribution < -0.4 is 5.73 Å². The van der Waals surface area contributed by atoms with E-state index in [1.807, 2.05) is 0 Å². The minimum absolute atomic E-state index is 0.329. The molecule has 0 radical (unpaired) electrons. The van der Waals surface area contributed by atoms with E-state index in [-0.39, 0.29) is 0 Å². The molecule has 90 valence electrons. The molecule has 5 unspecified atom stereocenters. The van der Waals surface area contributed by atoms with Gasteiger partial charge >= 0.3 is 0 Å². The lowest BCUT2D eigenvalue weighted by atomic mass is 9.87. The first-order chi connectivity index (χ1) is 6.93. The number of rotatable bonds is 3. The van der Waals surface area contributed by atoms with Gasteiger partial charge < -0.3 is 5.73 Å². The highest BCUT2D eigenvalue weighted by Crippen LogP contribution is 2.24. The zero-order chi connectivity index (χ0) is 11.6. The maximum Gasteiger partial charge on any atom is 0.0385 e. The van der Waals surface area contributed by atoms with Crippen molar-refractivity contribution in [2.24, 2.45) is 11.7 Å². The van der Waals surface area contributed by atoms with Crippen molar-refractivity contribution in [1.82, 2.24) is 4.90 Å². The second-order valence-electron chi connectivity index (χ2n) is 4.88. The SMILES string of the molecule is CC1C(N)CCN(C(C)CS(C)=O)C1C. The van der Waals surface area contributed by atoms with E-state index in [0.717, 1.165) is 18.7 Å². The lowest BCUT2D eigenvalue weighted by Gasteiger charge is -2.44. The average Bonchev–Trinajstić information content (AvgIpc) is 2.13. The molecule has 1 aliphatic heterocycles. The Kier molecular flexibility index (Phi) is 4.74. The molecular weight excluding hydrogens is 208 g/mol. The van der Waals surface area contributed by atoms with Crippen LogP contribution in [0.3, 0.4) is 0 Å². The van der Waals surface area contributed by atoms with Crippen molar-refractivity contribution in [2.75, 3.05) is 18.6 Å². The third-order valence-corrected chi connectivity index (χ3v) is 4.67. The normalized spacial score (nSPS) is 37.5. The van der Waals surface area contributed by atoms with E-state index in [2.05, 4.69) is 25.7 Å². The molecule has 1 rings (SSSR count). The number of hydrogen-bond acceptors (Lipinski definition) is 3. The maximum atomic E-state index is 11.2. The number of nitrogens with zero attached hydrogens (tertiary/aromatic N) is 1. The van der Waals surface area contributed by atoms with Crippen LogP contribution in [0.4, 0.5) is 0 Å². The predicted molar refractivity (Wildman–Crippen MR) is 66.3 cm³/mol. The van der Waals surface area contributed by atoms with E-state index in [1.54, 1.807) is 6.26 Å². The van der Waals surface area contributed by atoms with Gasteiger partial charge in [0.05, 0.1) is 0 Å². The summed E-state index contributed by atoms with van der Waals surface area (Å²) < 4.78 is 11.2. The van der Waals surface area contributed by atoms with Crippen molar-refractivity contribution in [3.63, 3.8) is 0 Å². The Morgan fingerprint density at radius 2 is 2.13 bits per heavy atom. The van der Waals surface area contributed by atoms with Crippen molar-refractivity contribution in [2.45, 2.75) is 45.3 Å². The van der Waals surface area contributed by atoms with Crippen LogP contribution >= 0.6 is 0 Å². The van der Waals surface area contributed by atoms with Gasteiger partial charge in [-0.1, -0.05) is 6.92 Å². The standard InChI is InChI=1S/C11H24N2OS/c1-8(7-15(4)14)13-6-5-11(12)9(2)10(13)3/h8-11H,5-7,12H2,1-4H3. The van der Waals surface area contributed by atoms with Gasteiger partial charge in [0.15, 0.2) is 0 Å². The molecule has 0 saturated carbocycles. The Bertz CT molecular complexity index is 235. The summed E-state index contributed by atoms with van der Waals surface area (Å²) in [6, 6.07) is 1.24. The summed E-state index contributed by atoms with van der Waals surface area (Å²) in [4.78, 5) is 2.45. The first kappa shape index (κ1) is 13.1. The van der Waals surface area contributed by atoms with Gasteiger partial charge in [-0.05, 0) is 26.2 Å². The molecule has 2 N–H and O–H groups in total. The summed E-state index contributed by atoms with van der Waals surface area (Å²) >= 11 is 0. The molecule has 1 saturated heterocycles. The maximum absolute atomic E-state index is 11.2. The molecule has 5 atom stereocenters. The van der Waals surface area contributed by atoms with Gasteiger partial charge in [0, 0.05) is 47.5 Å². The van der Waals surface area contributed by atoms with E-state index < -0.39 is 10.8 Å². The number of nitrogens with two attached hydrogens (primary N) is 1. The quantitative estimate of drug-likeness (QED) is 0.783. The smallest absolute Gasteiger partial charge is 0.0385 e. The van der Waals surface area contributed by atoms with E-state index in [4.69, 9.17) is 5.73 Å². The van der Waals surface area contributed by atoms with Crippen LogP contribution in [0, 0.1) is 5.92 Å². The van der Waals surface area contributed by atoms with Crippen LogP contribution in [-0.4, -0.2) is 45.8 Å². The third-order valence-electron chi connectivity index (χ3n) is 3.72. The summed E-state index contributed by atoms with van der Waals surface area (Å²) in [6.45, 7) is 7.67. The fourth-order valence-electron chi connectivity index (χ4n) is 2.48. The van der Waals surface area contributed by atoms with Gasteiger partial charge in [0.25, 0.3) is 0 Å². The van der Waals surface area contributed by atoms with E-state index in [0.29, 0.717) is 24.0 Å². The van der Waals surface area contributed by atoms with E-state index in [1.165, 1.54) is 0 Å². The van der Waals surface area contributed by atoms with Gasteiger partial charge in [-0.3, -0.25) is 9.11 Å². The van der Waals surface area contributed by atoms with Crippen LogP contribution in [0.1, 0.15) is 27.2 Å². The molecule has 0 aromatic rings. The molecule has 1 fully saturated rings. The summed E-state index contributed by atoms with van der Waals surface area (Å²) in [6.07, 6.45) is 2.84. The van der Waals surface area contributed by atoms with Gasteiger partial charge in [-0.25, -0.2) is 0 Å². The number of hydrogen-bond donors (Lipinski definition) is 1. The average molecular weight is 232 g/mol. The Balaban J connectivity index is 2.58. The minimum Gasteiger partial charge on any atom is -0.327 e. The second kappa shape index (κ2) is 5.41. The molecule has 0 bridgehead atoms. The summed E-state index contributed by atoms with van der Waals surface area (Å²) in [5.41, 5.74) is 6.05. The van der Waals surface area contributed by atoms with Crippen LogP contribution in [0.15, 0.2) is 0 Å². The summed E-state index contributed by atoms with van der Waals surface area (Å²) in [5.74, 6) is 1.30. The van der Waals surface area contributed by atoms with Gasteiger partial charge in [0.2, 0.25) is 0 Å². The Labute approximate surface area is 95.9 Å². The van der Waals surface area contributed by atoms with Crippen molar-refractivity contribution in [3.05, 3.63) is 0 Å². The van der Waals surface area contributed by atoms with Gasteiger partial charge in [-0.2, -0.15) is 0 Å². The molecule has 0 aromatic heterocycles. The lowest BCUT2D eigenvalue weighted by molar-refractivity contribution is 0.0712. The van der Waals surface area contributed by atoms with Gasteiger partial charge in [-0.15, -0.1) is 0 Å². The molecule has 0 spiro atoms. The largest absolute Gasteiger partial charge is 0.327 e. The first-order valence-corrected chi connectivity index (χ1v) is 7.47. The molecule has 4 heteroatoms. The highest BCUT2D eigenvalue weighted by Gasteiger charge is 2.32. The number of likely N-dealkylation sites (tertiary alicyclic amines) is 1. The molecule has 0 amide bonds. The van der Waals surface area contributed by atoms with E-state index >= 15 is 0 Å². The molecule has 3 nitrogen and oxygen atoms in total. The molecule has 1 heterocycles. The fourth-order valence-corrected chi connectivity index (χ4v) is 3.35. The zero-order valence-electron chi connectivity index (χ0n) is 10.3. The van der Waals surface area contributed by atoms with Crippen molar-refractivity contribution >= 4 is 10.8 Å². The molecular formula is C11H24N2OS. The Hall–Kier alpha value is 0.0700. The van der Waals surface area contributed by atoms with Crippen LogP contribution in [0.2, 0.25) is 0 Å². The van der Waals surface area contributed by atoms with Gasteiger partial charge in [0.1, 0.15) is 0 Å². The van der Waals surface area contributed by atoms with Crippen molar-refractivity contribution in [3.8, 4) is 0 Å². The van der Waals surface area contributed by atoms with Crippen molar-refractivity contribution in [1.29, 1.82) is 0 Å². The Morgan fingerprint density at radius 1 is 1.53 bits per heavy atom. The Morgan fingerprint density at radius 3 is 2.67 bits per heavy atom. The fraction of sp³-hybridized carbons (Fsp3) is 1.00. The lowest BCUT2D eigenvalue weighted by Crippen LogP contribution is -2.55. The first-order valence-electron chi connectivity index (χ1n) is 5.74. The van der Waals surface area contributed by atoms with E-state index in [9.17, 15) is 4.21 Å². The highest BCUT2D eigenvalue weighted by atomic mass is 32.2. The zero-order valence-corrected chi connectivity index (χ0v) is 11.1. The minimum atomic E-state index is -0.705. The molecule has 1 aliphatic rings. The van der Waals surface area contributed by atoms with Crippen LogP contribution in [-0.2, 0) is 10.8 Å². The highest BCUT2D eigenvalue weighted by molar-refractivity contribution is 7.84. The number of piperidine rings is 1. The second-order valence-corrected chi connectivity index (χ2v) is 6.36. The van der Waals surface area contributed by atoms with Crippen molar-refractivity contribution < 1.29 is 4.21 Å². The molecule has 0 aromatic carbocycles. The molecule has 0 aliphatic carbocycles. The monoisotopic (exact) mass is 232 g/mol. The van der Waals surface area contributed by atoms with Crippen LogP contribution in [0.25, 0.3) is 0 Å². The third kappa shape index (κ3) is 3.26. The predicted octanol–water partition coefficient (Wildman–Crippen LogP) is 0.811. The summed E-state index contributed by atoms with van der Waals surface area (Å²) in [5, 5.41) is 0. The topological polar surface area (TPSA) is 46.3 Å². The van der Waals surface area contributed by atoms with Crippen LogP contribution in [0.5, 0.6) is 0 Å².